The van der Waals surface area contributed by atoms with Crippen LogP contribution in [0.15, 0.2) is 24.5 Å². The Kier molecular flexibility index (Phi) is 3.39. The van der Waals surface area contributed by atoms with Crippen LogP contribution < -0.4 is 10.6 Å². The van der Waals surface area contributed by atoms with Crippen molar-refractivity contribution < 1.29 is 9.18 Å². The van der Waals surface area contributed by atoms with Crippen molar-refractivity contribution in [3.8, 4) is 11.3 Å². The van der Waals surface area contributed by atoms with E-state index in [1.54, 1.807) is 10.7 Å². The van der Waals surface area contributed by atoms with Crippen molar-refractivity contribution in [2.75, 3.05) is 11.9 Å². The fraction of sp³-hybridized carbons (Fsp3) is 0.350. The number of carbonyl (C=O) groups is 1. The summed E-state index contributed by atoms with van der Waals surface area (Å²) >= 11 is 0. The first kappa shape index (κ1) is 17.5. The number of halogens is 1. The van der Waals surface area contributed by atoms with Gasteiger partial charge in [0.1, 0.15) is 0 Å². The summed E-state index contributed by atoms with van der Waals surface area (Å²) < 4.78 is 17.8. The monoisotopic (exact) mass is 406 g/mol. The van der Waals surface area contributed by atoms with Crippen LogP contribution in [0.5, 0.6) is 0 Å². The van der Waals surface area contributed by atoms with Crippen molar-refractivity contribution in [2.24, 2.45) is 5.41 Å². The van der Waals surface area contributed by atoms with E-state index < -0.39 is 5.82 Å². The summed E-state index contributed by atoms with van der Waals surface area (Å²) in [7, 11) is 0. The lowest BCUT2D eigenvalue weighted by Crippen LogP contribution is -2.44. The minimum atomic E-state index is -0.536. The number of anilines is 1. The first-order chi connectivity index (χ1) is 14.4. The van der Waals surface area contributed by atoms with Crippen LogP contribution in [0.3, 0.4) is 0 Å². The van der Waals surface area contributed by atoms with Gasteiger partial charge in [-0.1, -0.05) is 0 Å². The molecule has 1 amide bonds. The van der Waals surface area contributed by atoms with Crippen LogP contribution in [0.1, 0.15) is 24.1 Å². The van der Waals surface area contributed by atoms with Crippen LogP contribution in [0.4, 0.5) is 10.3 Å². The van der Waals surface area contributed by atoms with Crippen LogP contribution >= 0.6 is 0 Å². The van der Waals surface area contributed by atoms with E-state index in [1.165, 1.54) is 10.6 Å². The number of amides is 1. The molecule has 0 unspecified atom stereocenters. The molecule has 2 saturated heterocycles. The normalized spacial score (nSPS) is 22.6. The van der Waals surface area contributed by atoms with Crippen LogP contribution in [0.25, 0.3) is 22.6 Å². The highest BCUT2D eigenvalue weighted by Crippen LogP contribution is 2.46. The zero-order chi connectivity index (χ0) is 20.6. The first-order valence-electron chi connectivity index (χ1n) is 9.85. The second kappa shape index (κ2) is 5.82. The molecule has 4 aromatic rings. The summed E-state index contributed by atoms with van der Waals surface area (Å²) in [6, 6.07) is 3.67. The number of carbonyl (C=O) groups excluding carboxylic acids is 1. The van der Waals surface area contributed by atoms with Crippen molar-refractivity contribution in [3.05, 3.63) is 41.6 Å². The maximum atomic E-state index is 14.8. The van der Waals surface area contributed by atoms with Gasteiger partial charge < -0.3 is 5.32 Å². The summed E-state index contributed by atoms with van der Waals surface area (Å²) in [6.07, 6.45) is 5.14. The smallest absolute Gasteiger partial charge is 0.249 e. The molecule has 0 atom stereocenters. The lowest BCUT2D eigenvalue weighted by atomic mass is 9.69. The molecule has 3 fully saturated rings. The van der Waals surface area contributed by atoms with E-state index in [2.05, 4.69) is 30.8 Å². The van der Waals surface area contributed by atoms with Gasteiger partial charge in [-0.05, 0) is 44.4 Å². The lowest BCUT2D eigenvalue weighted by molar-refractivity contribution is -0.127. The van der Waals surface area contributed by atoms with Crippen molar-refractivity contribution >= 4 is 23.1 Å². The minimum Gasteiger partial charge on any atom is -0.313 e. The van der Waals surface area contributed by atoms with E-state index in [4.69, 9.17) is 0 Å². The van der Waals surface area contributed by atoms with Crippen LogP contribution in [-0.2, 0) is 4.79 Å². The van der Waals surface area contributed by atoms with Gasteiger partial charge in [0, 0.05) is 24.3 Å². The molecule has 0 radical (unpaired) electrons. The average Bonchev–Trinajstić information content (AvgIpc) is 3.42. The fourth-order valence-electron chi connectivity index (χ4n) is 4.54. The molecule has 2 N–H and O–H groups in total. The van der Waals surface area contributed by atoms with Gasteiger partial charge in [0.25, 0.3) is 0 Å². The van der Waals surface area contributed by atoms with E-state index >= 15 is 0 Å². The molecule has 1 saturated carbocycles. The summed E-state index contributed by atoms with van der Waals surface area (Å²) in [6.45, 7) is 4.50. The summed E-state index contributed by atoms with van der Waals surface area (Å²) in [5.41, 5.74) is 3.38. The van der Waals surface area contributed by atoms with Crippen molar-refractivity contribution in [1.82, 2.24) is 34.5 Å². The largest absolute Gasteiger partial charge is 0.313 e. The quantitative estimate of drug-likeness (QED) is 0.539. The predicted octanol–water partition coefficient (Wildman–Crippen LogP) is 1.89. The number of nitrogens with one attached hydrogen (secondary N) is 2. The standard InChI is InChI=1S/C20H19FN8O/c1-10-3-15(26-28-7-11(2)23-16(10)28)12-4-14(21)17-24-19(27-29(17)8-12)25-18(30)20-5-13(6-20)22-9-20/h3-4,7-8,13,22H,5-6,9H2,1-2H3,(H,25,27,30). The third kappa shape index (κ3) is 2.46. The van der Waals surface area contributed by atoms with E-state index in [9.17, 15) is 9.18 Å². The molecule has 6 heterocycles. The molecule has 0 aromatic carbocycles. The molecule has 4 aromatic heterocycles. The molecule has 10 heteroatoms. The number of aromatic nitrogens is 6. The molecule has 30 heavy (non-hydrogen) atoms. The van der Waals surface area contributed by atoms with Gasteiger partial charge in [-0.15, -0.1) is 5.10 Å². The third-order valence-corrected chi connectivity index (χ3v) is 6.12. The number of hydrogen-bond donors (Lipinski definition) is 2. The highest BCUT2D eigenvalue weighted by Gasteiger charge is 2.55. The zero-order valence-electron chi connectivity index (χ0n) is 16.5. The number of rotatable bonds is 3. The van der Waals surface area contributed by atoms with Crippen molar-refractivity contribution in [2.45, 2.75) is 32.7 Å². The van der Waals surface area contributed by atoms with E-state index in [0.717, 1.165) is 29.7 Å². The number of aryl methyl sites for hydroxylation is 2. The van der Waals surface area contributed by atoms with E-state index in [-0.39, 0.29) is 22.9 Å². The Morgan fingerprint density at radius 2 is 1.97 bits per heavy atom. The van der Waals surface area contributed by atoms with Gasteiger partial charge in [0.2, 0.25) is 11.9 Å². The summed E-state index contributed by atoms with van der Waals surface area (Å²) in [4.78, 5) is 21.2. The Hall–Kier alpha value is -3.40. The number of fused-ring (bicyclic) bond motifs is 3. The lowest BCUT2D eigenvalue weighted by Gasteiger charge is -2.34. The first-order valence-corrected chi connectivity index (χ1v) is 9.85. The molecule has 9 nitrogen and oxygen atoms in total. The Bertz CT molecular complexity index is 1340. The maximum absolute atomic E-state index is 14.8. The van der Waals surface area contributed by atoms with Crippen molar-refractivity contribution in [3.63, 3.8) is 0 Å². The highest BCUT2D eigenvalue weighted by atomic mass is 19.1. The van der Waals surface area contributed by atoms with Crippen LogP contribution in [-0.4, -0.2) is 47.7 Å². The molecule has 152 valence electrons. The van der Waals surface area contributed by atoms with Gasteiger partial charge in [-0.2, -0.15) is 10.1 Å². The molecule has 2 bridgehead atoms. The second-order valence-electron chi connectivity index (χ2n) is 8.36. The molecule has 2 aliphatic heterocycles. The Labute approximate surface area is 170 Å². The predicted molar refractivity (Wildman–Crippen MR) is 106 cm³/mol. The topological polar surface area (TPSA) is 102 Å². The van der Waals surface area contributed by atoms with E-state index in [0.29, 0.717) is 23.8 Å². The SMILES string of the molecule is Cc1cn2nc(-c3cc(F)c4nc(NC(=O)C56CNC(C5)C6)nn4c3)cc(C)c2n1. The van der Waals surface area contributed by atoms with Crippen LogP contribution in [0.2, 0.25) is 0 Å². The van der Waals surface area contributed by atoms with Crippen LogP contribution in [0, 0.1) is 25.1 Å². The molecular formula is C20H19FN8O. The number of pyridine rings is 1. The number of imidazole rings is 1. The highest BCUT2D eigenvalue weighted by molar-refractivity contribution is 5.95. The Balaban J connectivity index is 1.37. The molecular weight excluding hydrogens is 387 g/mol. The van der Waals surface area contributed by atoms with Gasteiger partial charge in [-0.25, -0.2) is 18.4 Å². The molecule has 0 spiro atoms. The Morgan fingerprint density at radius 3 is 2.73 bits per heavy atom. The van der Waals surface area contributed by atoms with Gasteiger partial charge in [-0.3, -0.25) is 10.1 Å². The number of hydrogen-bond acceptors (Lipinski definition) is 6. The molecule has 3 aliphatic rings. The summed E-state index contributed by atoms with van der Waals surface area (Å²) in [5, 5.41) is 14.9. The number of nitrogens with zero attached hydrogens (tertiary/aromatic N) is 6. The third-order valence-electron chi connectivity index (χ3n) is 6.12. The van der Waals surface area contributed by atoms with Gasteiger partial charge >= 0.3 is 0 Å². The minimum absolute atomic E-state index is 0.0545. The van der Waals surface area contributed by atoms with E-state index in [1.807, 2.05) is 26.1 Å². The summed E-state index contributed by atoms with van der Waals surface area (Å²) in [5.74, 6) is -0.546. The Morgan fingerprint density at radius 1 is 1.17 bits per heavy atom. The maximum Gasteiger partial charge on any atom is 0.249 e. The zero-order valence-corrected chi connectivity index (χ0v) is 16.5. The molecule has 7 rings (SSSR count). The van der Waals surface area contributed by atoms with Gasteiger partial charge in [0.15, 0.2) is 17.1 Å². The van der Waals surface area contributed by atoms with Gasteiger partial charge in [0.05, 0.1) is 23.0 Å². The fourth-order valence-corrected chi connectivity index (χ4v) is 4.54. The second-order valence-corrected chi connectivity index (χ2v) is 8.36. The molecule has 1 aliphatic carbocycles. The van der Waals surface area contributed by atoms with Crippen molar-refractivity contribution in [1.29, 1.82) is 0 Å². The average molecular weight is 406 g/mol.